The summed E-state index contributed by atoms with van der Waals surface area (Å²) >= 11 is 0. The van der Waals surface area contributed by atoms with Crippen LogP contribution in [0, 0.1) is 17.3 Å². The second-order valence-corrected chi connectivity index (χ2v) is 7.65. The smallest absolute Gasteiger partial charge is 0.0138 e. The third-order valence-corrected chi connectivity index (χ3v) is 5.49. The van der Waals surface area contributed by atoms with E-state index in [1.807, 2.05) is 0 Å². The molecule has 0 nitrogen and oxygen atoms in total. The predicted octanol–water partition coefficient (Wildman–Crippen LogP) is 6.45. The van der Waals surface area contributed by atoms with E-state index >= 15 is 0 Å². The Morgan fingerprint density at radius 2 is 1.65 bits per heavy atom. The van der Waals surface area contributed by atoms with Crippen molar-refractivity contribution in [2.24, 2.45) is 17.3 Å². The van der Waals surface area contributed by atoms with Crippen molar-refractivity contribution in [1.82, 2.24) is 0 Å². The summed E-state index contributed by atoms with van der Waals surface area (Å²) < 4.78 is 0. The number of fused-ring (bicyclic) bond motifs is 1. The first-order chi connectivity index (χ1) is 9.42. The highest BCUT2D eigenvalue weighted by Crippen LogP contribution is 2.50. The van der Waals surface area contributed by atoms with Gasteiger partial charge in [-0.25, -0.2) is 0 Å². The molecule has 0 saturated heterocycles. The zero-order valence-electron chi connectivity index (χ0n) is 14.1. The van der Waals surface area contributed by atoms with Gasteiger partial charge in [0.25, 0.3) is 0 Å². The molecule has 0 aromatic carbocycles. The molecule has 0 N–H and O–H groups in total. The summed E-state index contributed by atoms with van der Waals surface area (Å²) in [7, 11) is 0. The van der Waals surface area contributed by atoms with Gasteiger partial charge in [0.05, 0.1) is 0 Å². The SMILES string of the molecule is CC1=CC[C@@]2(C)CC=C(C(C)C)[C@@H]2CCC(C)=CCC1. The molecule has 2 aliphatic carbocycles. The summed E-state index contributed by atoms with van der Waals surface area (Å²) in [6.07, 6.45) is 15.2. The molecule has 0 amide bonds. The van der Waals surface area contributed by atoms with E-state index in [0.717, 1.165) is 5.92 Å². The van der Waals surface area contributed by atoms with E-state index in [1.165, 1.54) is 38.5 Å². The Hall–Kier alpha value is -0.780. The normalized spacial score (nSPS) is 32.1. The Morgan fingerprint density at radius 1 is 1.00 bits per heavy atom. The molecule has 2 aliphatic rings. The first kappa shape index (κ1) is 15.6. The van der Waals surface area contributed by atoms with Crippen molar-refractivity contribution < 1.29 is 0 Å². The maximum absolute atomic E-state index is 2.56. The summed E-state index contributed by atoms with van der Waals surface area (Å²) in [5.41, 5.74) is 5.36. The quantitative estimate of drug-likeness (QED) is 0.481. The van der Waals surface area contributed by atoms with Gasteiger partial charge in [0.15, 0.2) is 0 Å². The first-order valence-electron chi connectivity index (χ1n) is 8.43. The molecule has 0 heterocycles. The molecule has 2 atom stereocenters. The molecule has 0 bridgehead atoms. The van der Waals surface area contributed by atoms with Gasteiger partial charge in [-0.15, -0.1) is 0 Å². The van der Waals surface area contributed by atoms with E-state index in [2.05, 4.69) is 52.8 Å². The standard InChI is InChI=1S/C20H32/c1-15(2)18-12-14-20(5)13-11-17(4)8-6-7-16(3)9-10-19(18)20/h7,11-12,15,19H,6,8-10,13-14H2,1-5H3/t19-,20-/m0/s1. The second kappa shape index (κ2) is 6.33. The minimum absolute atomic E-state index is 0.464. The Balaban J connectivity index is 2.26. The van der Waals surface area contributed by atoms with Crippen molar-refractivity contribution in [3.8, 4) is 0 Å². The lowest BCUT2D eigenvalue weighted by molar-refractivity contribution is 0.225. The van der Waals surface area contributed by atoms with Gasteiger partial charge in [-0.2, -0.15) is 0 Å². The molecule has 2 rings (SSSR count). The maximum Gasteiger partial charge on any atom is -0.0138 e. The zero-order chi connectivity index (χ0) is 14.8. The van der Waals surface area contributed by atoms with Crippen LogP contribution in [0.1, 0.15) is 73.1 Å². The van der Waals surface area contributed by atoms with Crippen LogP contribution in [0.25, 0.3) is 0 Å². The van der Waals surface area contributed by atoms with E-state index in [-0.39, 0.29) is 0 Å². The van der Waals surface area contributed by atoms with Crippen molar-refractivity contribution in [3.63, 3.8) is 0 Å². The van der Waals surface area contributed by atoms with E-state index in [1.54, 1.807) is 16.7 Å². The van der Waals surface area contributed by atoms with E-state index in [4.69, 9.17) is 0 Å². The summed E-state index contributed by atoms with van der Waals surface area (Å²) in [6.45, 7) is 11.9. The largest absolute Gasteiger partial charge is 0.0853 e. The molecule has 0 aromatic heterocycles. The van der Waals surface area contributed by atoms with Crippen LogP contribution < -0.4 is 0 Å². The monoisotopic (exact) mass is 272 g/mol. The Bertz CT molecular complexity index is 433. The molecule has 112 valence electrons. The minimum atomic E-state index is 0.464. The second-order valence-electron chi connectivity index (χ2n) is 7.65. The lowest BCUT2D eigenvalue weighted by Gasteiger charge is -2.34. The number of allylic oxidation sites excluding steroid dienone is 6. The molecule has 0 fully saturated rings. The highest BCUT2D eigenvalue weighted by Gasteiger charge is 2.39. The lowest BCUT2D eigenvalue weighted by Crippen LogP contribution is -2.25. The van der Waals surface area contributed by atoms with Crippen LogP contribution in [0.3, 0.4) is 0 Å². The number of hydrogen-bond acceptors (Lipinski definition) is 0. The summed E-state index contributed by atoms with van der Waals surface area (Å²) in [5.74, 6) is 1.49. The van der Waals surface area contributed by atoms with Gasteiger partial charge < -0.3 is 0 Å². The molecular formula is C20H32. The third kappa shape index (κ3) is 3.45. The van der Waals surface area contributed by atoms with Gasteiger partial charge in [-0.05, 0) is 69.6 Å². The molecule has 0 spiro atoms. The summed E-state index contributed by atoms with van der Waals surface area (Å²) in [5, 5.41) is 0. The molecule has 0 heteroatoms. The molecule has 0 radical (unpaired) electrons. The van der Waals surface area contributed by atoms with Gasteiger partial charge in [0.1, 0.15) is 0 Å². The fraction of sp³-hybridized carbons (Fsp3) is 0.700. The topological polar surface area (TPSA) is 0 Å². The Labute approximate surface area is 126 Å². The van der Waals surface area contributed by atoms with Gasteiger partial charge in [-0.1, -0.05) is 55.7 Å². The van der Waals surface area contributed by atoms with Crippen LogP contribution in [-0.4, -0.2) is 0 Å². The van der Waals surface area contributed by atoms with Crippen molar-refractivity contribution >= 4 is 0 Å². The average molecular weight is 272 g/mol. The Morgan fingerprint density at radius 3 is 2.35 bits per heavy atom. The fourth-order valence-electron chi connectivity index (χ4n) is 3.95. The predicted molar refractivity (Wildman–Crippen MR) is 89.7 cm³/mol. The van der Waals surface area contributed by atoms with Crippen molar-refractivity contribution in [2.75, 3.05) is 0 Å². The molecule has 0 aliphatic heterocycles. The first-order valence-corrected chi connectivity index (χ1v) is 8.43. The molecule has 0 unspecified atom stereocenters. The van der Waals surface area contributed by atoms with E-state index in [9.17, 15) is 0 Å². The average Bonchev–Trinajstić information content (AvgIpc) is 2.70. The summed E-state index contributed by atoms with van der Waals surface area (Å²) in [6, 6.07) is 0. The van der Waals surface area contributed by atoms with E-state index < -0.39 is 0 Å². The van der Waals surface area contributed by atoms with Crippen LogP contribution in [0.5, 0.6) is 0 Å². The fourth-order valence-corrected chi connectivity index (χ4v) is 3.95. The highest BCUT2D eigenvalue weighted by molar-refractivity contribution is 5.23. The molecular weight excluding hydrogens is 240 g/mol. The van der Waals surface area contributed by atoms with Gasteiger partial charge in [0, 0.05) is 0 Å². The van der Waals surface area contributed by atoms with E-state index in [0.29, 0.717) is 11.3 Å². The van der Waals surface area contributed by atoms with Gasteiger partial charge >= 0.3 is 0 Å². The van der Waals surface area contributed by atoms with Crippen LogP contribution >= 0.6 is 0 Å². The molecule has 0 saturated carbocycles. The number of rotatable bonds is 1. The molecule has 0 aromatic rings. The highest BCUT2D eigenvalue weighted by atomic mass is 14.4. The molecule has 20 heavy (non-hydrogen) atoms. The van der Waals surface area contributed by atoms with Crippen molar-refractivity contribution in [3.05, 3.63) is 34.9 Å². The third-order valence-electron chi connectivity index (χ3n) is 5.49. The van der Waals surface area contributed by atoms with Crippen LogP contribution in [0.4, 0.5) is 0 Å². The van der Waals surface area contributed by atoms with Gasteiger partial charge in [0.2, 0.25) is 0 Å². The van der Waals surface area contributed by atoms with Crippen LogP contribution in [0.15, 0.2) is 34.9 Å². The van der Waals surface area contributed by atoms with Crippen LogP contribution in [-0.2, 0) is 0 Å². The summed E-state index contributed by atoms with van der Waals surface area (Å²) in [4.78, 5) is 0. The van der Waals surface area contributed by atoms with Crippen LogP contribution in [0.2, 0.25) is 0 Å². The lowest BCUT2D eigenvalue weighted by atomic mass is 9.70. The Kier molecular flexibility index (Phi) is 4.94. The number of hydrogen-bond donors (Lipinski definition) is 0. The zero-order valence-corrected chi connectivity index (χ0v) is 14.1. The van der Waals surface area contributed by atoms with Crippen molar-refractivity contribution in [2.45, 2.75) is 73.1 Å². The van der Waals surface area contributed by atoms with Gasteiger partial charge in [-0.3, -0.25) is 0 Å². The van der Waals surface area contributed by atoms with Crippen molar-refractivity contribution in [1.29, 1.82) is 0 Å². The minimum Gasteiger partial charge on any atom is -0.0853 e. The maximum atomic E-state index is 2.56.